The lowest BCUT2D eigenvalue weighted by Gasteiger charge is -2.50. The molecule has 0 amide bonds. The average Bonchev–Trinajstić information content (AvgIpc) is 2.86. The molecule has 2 unspecified atom stereocenters. The summed E-state index contributed by atoms with van der Waals surface area (Å²) in [4.78, 5) is 2.73. The third-order valence-electron chi connectivity index (χ3n) is 5.59. The van der Waals surface area contributed by atoms with Gasteiger partial charge in [-0.1, -0.05) is 6.08 Å². The smallest absolute Gasteiger partial charge is 0.0680 e. The SMILES string of the molecule is COC1CC=C2CCN3CCC4=C(CCOC4)C23C1. The first-order chi connectivity index (χ1) is 9.34. The van der Waals surface area contributed by atoms with Crippen molar-refractivity contribution in [2.45, 2.75) is 43.7 Å². The highest BCUT2D eigenvalue weighted by atomic mass is 16.5. The zero-order valence-electron chi connectivity index (χ0n) is 11.8. The second kappa shape index (κ2) is 4.44. The van der Waals surface area contributed by atoms with Crippen molar-refractivity contribution < 1.29 is 9.47 Å². The van der Waals surface area contributed by atoms with Crippen molar-refractivity contribution in [3.63, 3.8) is 0 Å². The minimum absolute atomic E-state index is 0.219. The fourth-order valence-electron chi connectivity index (χ4n) is 4.69. The number of methoxy groups -OCH3 is 1. The molecular weight excluding hydrogens is 238 g/mol. The number of ether oxygens (including phenoxy) is 2. The van der Waals surface area contributed by atoms with Crippen molar-refractivity contribution in [3.05, 3.63) is 22.8 Å². The molecule has 0 bridgehead atoms. The maximum atomic E-state index is 5.70. The van der Waals surface area contributed by atoms with Crippen LogP contribution in [0.1, 0.15) is 32.1 Å². The van der Waals surface area contributed by atoms with Gasteiger partial charge in [-0.05, 0) is 48.8 Å². The van der Waals surface area contributed by atoms with Crippen LogP contribution < -0.4 is 0 Å². The molecule has 104 valence electrons. The molecule has 2 atom stereocenters. The van der Waals surface area contributed by atoms with E-state index in [1.807, 2.05) is 7.11 Å². The lowest BCUT2D eigenvalue weighted by molar-refractivity contribution is 0.0339. The van der Waals surface area contributed by atoms with Crippen LogP contribution in [0.15, 0.2) is 22.8 Å². The van der Waals surface area contributed by atoms with Crippen LogP contribution in [0.25, 0.3) is 0 Å². The van der Waals surface area contributed by atoms with Gasteiger partial charge in [0.15, 0.2) is 0 Å². The van der Waals surface area contributed by atoms with Crippen LogP contribution in [0, 0.1) is 0 Å². The van der Waals surface area contributed by atoms with Crippen molar-refractivity contribution in [2.75, 3.05) is 33.4 Å². The summed E-state index contributed by atoms with van der Waals surface area (Å²) in [5.74, 6) is 0. The molecule has 3 heterocycles. The molecule has 0 aromatic carbocycles. The standard InChI is InChI=1S/C16H23NO2/c1-18-14-3-2-13-5-8-17-7-4-12-11-19-9-6-15(12)16(13,17)10-14/h2,14H,3-11H2,1H3. The number of hydrogen-bond donors (Lipinski definition) is 0. The van der Waals surface area contributed by atoms with Crippen LogP contribution >= 0.6 is 0 Å². The topological polar surface area (TPSA) is 21.7 Å². The Labute approximate surface area is 115 Å². The highest BCUT2D eigenvalue weighted by molar-refractivity contribution is 5.46. The van der Waals surface area contributed by atoms with Gasteiger partial charge in [0.25, 0.3) is 0 Å². The summed E-state index contributed by atoms with van der Waals surface area (Å²) in [5.41, 5.74) is 5.17. The molecule has 0 aromatic heterocycles. The lowest BCUT2D eigenvalue weighted by Crippen LogP contribution is -2.54. The Morgan fingerprint density at radius 2 is 2.21 bits per heavy atom. The van der Waals surface area contributed by atoms with Gasteiger partial charge >= 0.3 is 0 Å². The third kappa shape index (κ3) is 1.61. The van der Waals surface area contributed by atoms with Gasteiger partial charge in [0, 0.05) is 20.2 Å². The van der Waals surface area contributed by atoms with E-state index in [0.717, 1.165) is 32.5 Å². The highest BCUT2D eigenvalue weighted by Gasteiger charge is 2.52. The Morgan fingerprint density at radius 1 is 1.32 bits per heavy atom. The Kier molecular flexibility index (Phi) is 2.83. The molecule has 0 saturated carbocycles. The molecular formula is C16H23NO2. The molecule has 1 aliphatic carbocycles. The Morgan fingerprint density at radius 3 is 3.11 bits per heavy atom. The fraction of sp³-hybridized carbons (Fsp3) is 0.750. The minimum Gasteiger partial charge on any atom is -0.381 e. The van der Waals surface area contributed by atoms with Crippen molar-refractivity contribution in [1.82, 2.24) is 4.90 Å². The van der Waals surface area contributed by atoms with Crippen molar-refractivity contribution in [2.24, 2.45) is 0 Å². The molecule has 19 heavy (non-hydrogen) atoms. The molecule has 4 rings (SSSR count). The molecule has 1 fully saturated rings. The molecule has 0 radical (unpaired) electrons. The predicted octanol–water partition coefficient (Wildman–Crippen LogP) is 2.29. The van der Waals surface area contributed by atoms with Crippen LogP contribution in [-0.4, -0.2) is 50.0 Å². The number of nitrogens with zero attached hydrogens (tertiary/aromatic N) is 1. The number of hydrogen-bond acceptors (Lipinski definition) is 3. The van der Waals surface area contributed by atoms with Gasteiger partial charge in [0.2, 0.25) is 0 Å². The summed E-state index contributed by atoms with van der Waals surface area (Å²) in [6, 6.07) is 0. The third-order valence-corrected chi connectivity index (χ3v) is 5.59. The normalized spacial score (nSPS) is 38.6. The van der Waals surface area contributed by atoms with Gasteiger partial charge in [-0.3, -0.25) is 4.90 Å². The van der Waals surface area contributed by atoms with Crippen LogP contribution in [0.3, 0.4) is 0 Å². The van der Waals surface area contributed by atoms with E-state index in [2.05, 4.69) is 11.0 Å². The molecule has 3 aliphatic heterocycles. The Hall–Kier alpha value is -0.640. The van der Waals surface area contributed by atoms with Gasteiger partial charge < -0.3 is 9.47 Å². The van der Waals surface area contributed by atoms with E-state index >= 15 is 0 Å². The van der Waals surface area contributed by atoms with Gasteiger partial charge in [-0.15, -0.1) is 0 Å². The first-order valence-corrected chi connectivity index (χ1v) is 7.61. The van der Waals surface area contributed by atoms with Crippen molar-refractivity contribution >= 4 is 0 Å². The van der Waals surface area contributed by atoms with E-state index in [1.54, 1.807) is 16.7 Å². The Bertz CT molecular complexity index is 454. The first-order valence-electron chi connectivity index (χ1n) is 7.61. The maximum absolute atomic E-state index is 5.70. The predicted molar refractivity (Wildman–Crippen MR) is 74.1 cm³/mol. The summed E-state index contributed by atoms with van der Waals surface area (Å²) < 4.78 is 11.4. The van der Waals surface area contributed by atoms with Crippen molar-refractivity contribution in [3.8, 4) is 0 Å². The van der Waals surface area contributed by atoms with Crippen molar-refractivity contribution in [1.29, 1.82) is 0 Å². The molecule has 0 aromatic rings. The number of rotatable bonds is 1. The van der Waals surface area contributed by atoms with Crippen LogP contribution in [0.5, 0.6) is 0 Å². The maximum Gasteiger partial charge on any atom is 0.0680 e. The van der Waals surface area contributed by atoms with Gasteiger partial charge in [0.1, 0.15) is 0 Å². The Balaban J connectivity index is 1.83. The van der Waals surface area contributed by atoms with Crippen LogP contribution in [0.2, 0.25) is 0 Å². The van der Waals surface area contributed by atoms with E-state index < -0.39 is 0 Å². The summed E-state index contributed by atoms with van der Waals surface area (Å²) in [6.45, 7) is 4.21. The zero-order chi connectivity index (χ0) is 12.9. The van der Waals surface area contributed by atoms with Gasteiger partial charge in [0.05, 0.1) is 24.9 Å². The van der Waals surface area contributed by atoms with Gasteiger partial charge in [-0.2, -0.15) is 0 Å². The van der Waals surface area contributed by atoms with Gasteiger partial charge in [-0.25, -0.2) is 0 Å². The van der Waals surface area contributed by atoms with E-state index in [9.17, 15) is 0 Å². The summed E-state index contributed by atoms with van der Waals surface area (Å²) in [6.07, 6.45) is 8.71. The summed E-state index contributed by atoms with van der Waals surface area (Å²) >= 11 is 0. The average molecular weight is 261 g/mol. The summed E-state index contributed by atoms with van der Waals surface area (Å²) in [5, 5.41) is 0. The molecule has 0 N–H and O–H groups in total. The fourth-order valence-corrected chi connectivity index (χ4v) is 4.69. The van der Waals surface area contributed by atoms with E-state index in [-0.39, 0.29) is 5.54 Å². The van der Waals surface area contributed by atoms with E-state index in [4.69, 9.17) is 9.47 Å². The molecule has 3 heteroatoms. The largest absolute Gasteiger partial charge is 0.381 e. The summed E-state index contributed by atoms with van der Waals surface area (Å²) in [7, 11) is 1.86. The second-order valence-corrected chi connectivity index (χ2v) is 6.26. The van der Waals surface area contributed by atoms with Crippen LogP contribution in [-0.2, 0) is 9.47 Å². The molecule has 3 nitrogen and oxygen atoms in total. The van der Waals surface area contributed by atoms with E-state index in [1.165, 1.54) is 25.9 Å². The molecule has 1 spiro atoms. The monoisotopic (exact) mass is 261 g/mol. The molecule has 4 aliphatic rings. The first kappa shape index (κ1) is 12.1. The second-order valence-electron chi connectivity index (χ2n) is 6.26. The van der Waals surface area contributed by atoms with E-state index in [0.29, 0.717) is 6.10 Å². The van der Waals surface area contributed by atoms with Crippen LogP contribution in [0.4, 0.5) is 0 Å². The lowest BCUT2D eigenvalue weighted by atomic mass is 9.69. The molecule has 1 saturated heterocycles. The zero-order valence-corrected chi connectivity index (χ0v) is 11.8. The quantitative estimate of drug-likeness (QED) is 0.676. The highest BCUT2D eigenvalue weighted by Crippen LogP contribution is 2.52. The minimum atomic E-state index is 0.219.